The van der Waals surface area contributed by atoms with E-state index in [4.69, 9.17) is 16.2 Å². The zero-order valence-corrected chi connectivity index (χ0v) is 14.4. The number of esters is 1. The van der Waals surface area contributed by atoms with Crippen LogP contribution < -0.4 is 11.5 Å². The Hall–Kier alpha value is -2.70. The van der Waals surface area contributed by atoms with Crippen molar-refractivity contribution in [1.82, 2.24) is 0 Å². The molecule has 0 radical (unpaired) electrons. The van der Waals surface area contributed by atoms with E-state index in [1.165, 1.54) is 0 Å². The van der Waals surface area contributed by atoms with Crippen LogP contribution in [0.1, 0.15) is 29.9 Å². The fourth-order valence-electron chi connectivity index (χ4n) is 3.40. The molecule has 0 aliphatic heterocycles. The molecule has 0 heterocycles. The largest absolute Gasteiger partial charge is 0.479 e. The number of aliphatic carboxylic acids is 1. The number of benzene rings is 2. The lowest BCUT2D eigenvalue weighted by atomic mass is 9.94. The van der Waals surface area contributed by atoms with E-state index in [-0.39, 0.29) is 25.5 Å². The first-order valence-corrected chi connectivity index (χ1v) is 8.57. The van der Waals surface area contributed by atoms with Crippen LogP contribution in [0.3, 0.4) is 0 Å². The van der Waals surface area contributed by atoms with Crippen molar-refractivity contribution in [2.45, 2.75) is 24.3 Å². The summed E-state index contributed by atoms with van der Waals surface area (Å²) in [5, 5.41) is 9.37. The number of nitrogens with two attached hydrogens (primary N) is 2. The fraction of sp³-hybridized carbons (Fsp3) is 0.300. The lowest BCUT2D eigenvalue weighted by Crippen LogP contribution is -2.56. The minimum Gasteiger partial charge on any atom is -0.479 e. The Balaban J connectivity index is 1.81. The smallest absolute Gasteiger partial charge is 0.337 e. The van der Waals surface area contributed by atoms with Crippen LogP contribution in [-0.4, -0.2) is 35.7 Å². The van der Waals surface area contributed by atoms with Crippen molar-refractivity contribution < 1.29 is 19.4 Å². The van der Waals surface area contributed by atoms with E-state index in [0.29, 0.717) is 6.42 Å². The first kappa shape index (κ1) is 18.1. The Morgan fingerprint density at radius 3 is 2.08 bits per heavy atom. The molecule has 5 N–H and O–H groups in total. The summed E-state index contributed by atoms with van der Waals surface area (Å²) in [5.74, 6) is -2.47. The van der Waals surface area contributed by atoms with Gasteiger partial charge in [-0.25, -0.2) is 9.59 Å². The zero-order valence-electron chi connectivity index (χ0n) is 14.4. The van der Waals surface area contributed by atoms with Gasteiger partial charge in [-0.1, -0.05) is 48.5 Å². The summed E-state index contributed by atoms with van der Waals surface area (Å²) >= 11 is 0. The number of carbonyl (C=O) groups excluding carboxylic acids is 1. The Morgan fingerprint density at radius 2 is 1.58 bits per heavy atom. The molecule has 26 heavy (non-hydrogen) atoms. The highest BCUT2D eigenvalue weighted by Crippen LogP contribution is 2.44. The van der Waals surface area contributed by atoms with Gasteiger partial charge in [0.1, 0.15) is 6.61 Å². The van der Waals surface area contributed by atoms with Crippen molar-refractivity contribution in [2.75, 3.05) is 13.2 Å². The molecule has 6 nitrogen and oxygen atoms in total. The summed E-state index contributed by atoms with van der Waals surface area (Å²) in [7, 11) is 0. The van der Waals surface area contributed by atoms with Gasteiger partial charge in [0.2, 0.25) is 5.54 Å². The molecule has 2 aromatic carbocycles. The zero-order chi connectivity index (χ0) is 18.7. The lowest BCUT2D eigenvalue weighted by Gasteiger charge is -2.23. The number of rotatable bonds is 7. The number of hydrogen-bond acceptors (Lipinski definition) is 5. The average molecular weight is 354 g/mol. The summed E-state index contributed by atoms with van der Waals surface area (Å²) in [4.78, 5) is 23.9. The highest BCUT2D eigenvalue weighted by atomic mass is 16.5. The standard InChI is InChI=1S/C20H22N2O4/c21-11-5-10-20(22,18(23)24)19(25)26-12-17-15-8-3-1-6-13(15)14-7-2-4-9-16(14)17/h1-4,6-9,17H,5,10-12,21-22H2,(H,23,24). The highest BCUT2D eigenvalue weighted by Gasteiger charge is 2.44. The third kappa shape index (κ3) is 3.09. The van der Waals surface area contributed by atoms with Crippen LogP contribution in [0.4, 0.5) is 0 Å². The first-order chi connectivity index (χ1) is 12.5. The van der Waals surface area contributed by atoms with Gasteiger partial charge >= 0.3 is 11.9 Å². The number of carboxylic acids is 1. The molecule has 0 bridgehead atoms. The number of carbonyl (C=O) groups is 2. The maximum absolute atomic E-state index is 12.4. The van der Waals surface area contributed by atoms with Gasteiger partial charge in [-0.05, 0) is 41.6 Å². The number of fused-ring (bicyclic) bond motifs is 3. The molecule has 0 spiro atoms. The van der Waals surface area contributed by atoms with Crippen LogP contribution in [0.15, 0.2) is 48.5 Å². The third-order valence-electron chi connectivity index (χ3n) is 4.86. The predicted molar refractivity (Wildman–Crippen MR) is 97.5 cm³/mol. The Bertz CT molecular complexity index is 791. The summed E-state index contributed by atoms with van der Waals surface area (Å²) in [6, 6.07) is 15.8. The Morgan fingerprint density at radius 1 is 1.04 bits per heavy atom. The fourth-order valence-corrected chi connectivity index (χ4v) is 3.40. The van der Waals surface area contributed by atoms with Crippen LogP contribution >= 0.6 is 0 Å². The van der Waals surface area contributed by atoms with Crippen LogP contribution in [0.2, 0.25) is 0 Å². The van der Waals surface area contributed by atoms with Crippen LogP contribution in [0.5, 0.6) is 0 Å². The van der Waals surface area contributed by atoms with E-state index < -0.39 is 17.5 Å². The topological polar surface area (TPSA) is 116 Å². The molecule has 0 fully saturated rings. The maximum atomic E-state index is 12.4. The first-order valence-electron chi connectivity index (χ1n) is 8.57. The average Bonchev–Trinajstić information content (AvgIpc) is 2.98. The molecule has 136 valence electrons. The minimum atomic E-state index is -2.07. The second-order valence-electron chi connectivity index (χ2n) is 6.49. The van der Waals surface area contributed by atoms with Crippen molar-refractivity contribution in [3.05, 3.63) is 59.7 Å². The van der Waals surface area contributed by atoms with E-state index in [1.807, 2.05) is 48.5 Å². The highest BCUT2D eigenvalue weighted by molar-refractivity contribution is 6.03. The van der Waals surface area contributed by atoms with Gasteiger partial charge < -0.3 is 21.3 Å². The molecule has 1 atom stereocenters. The normalized spacial score (nSPS) is 15.0. The van der Waals surface area contributed by atoms with Crippen LogP contribution in [0, 0.1) is 0 Å². The molecule has 3 rings (SSSR count). The molecule has 2 aromatic rings. The van der Waals surface area contributed by atoms with E-state index in [1.54, 1.807) is 0 Å². The SMILES string of the molecule is NCCCC(N)(C(=O)O)C(=O)OCC1c2ccccc2-c2ccccc21. The Labute approximate surface area is 151 Å². The quantitative estimate of drug-likeness (QED) is 0.516. The molecular weight excluding hydrogens is 332 g/mol. The number of carboxylic acid groups (broad SMARTS) is 1. The molecule has 0 amide bonds. The summed E-state index contributed by atoms with van der Waals surface area (Å²) in [6.07, 6.45) is 0.266. The molecular formula is C20H22N2O4. The van der Waals surface area contributed by atoms with Crippen molar-refractivity contribution in [3.63, 3.8) is 0 Å². The van der Waals surface area contributed by atoms with Gasteiger partial charge in [0.15, 0.2) is 0 Å². The van der Waals surface area contributed by atoms with Crippen molar-refractivity contribution in [3.8, 4) is 11.1 Å². The summed E-state index contributed by atoms with van der Waals surface area (Å²) < 4.78 is 5.38. The second kappa shape index (κ2) is 7.27. The lowest BCUT2D eigenvalue weighted by molar-refractivity contribution is -0.161. The van der Waals surface area contributed by atoms with Gasteiger partial charge in [0.25, 0.3) is 0 Å². The number of ether oxygens (including phenoxy) is 1. The second-order valence-corrected chi connectivity index (χ2v) is 6.49. The van der Waals surface area contributed by atoms with Crippen molar-refractivity contribution in [2.24, 2.45) is 11.5 Å². The molecule has 0 aromatic heterocycles. The summed E-state index contributed by atoms with van der Waals surface area (Å²) in [5.41, 5.74) is 13.5. The molecule has 1 unspecified atom stereocenters. The molecule has 6 heteroatoms. The number of hydrogen-bond donors (Lipinski definition) is 3. The molecule has 1 aliphatic carbocycles. The van der Waals surface area contributed by atoms with Crippen LogP contribution in [-0.2, 0) is 14.3 Å². The van der Waals surface area contributed by atoms with Gasteiger partial charge in [0.05, 0.1) is 0 Å². The molecule has 1 aliphatic rings. The van der Waals surface area contributed by atoms with Gasteiger partial charge in [-0.3, -0.25) is 0 Å². The van der Waals surface area contributed by atoms with Gasteiger partial charge in [-0.2, -0.15) is 0 Å². The third-order valence-corrected chi connectivity index (χ3v) is 4.86. The minimum absolute atomic E-state index is 0.0434. The Kier molecular flexibility index (Phi) is 5.06. The van der Waals surface area contributed by atoms with Gasteiger partial charge in [-0.15, -0.1) is 0 Å². The molecule has 0 saturated carbocycles. The maximum Gasteiger partial charge on any atom is 0.337 e. The summed E-state index contributed by atoms with van der Waals surface area (Å²) in [6.45, 7) is 0.296. The van der Waals surface area contributed by atoms with E-state index in [9.17, 15) is 14.7 Å². The van der Waals surface area contributed by atoms with E-state index in [0.717, 1.165) is 22.3 Å². The van der Waals surface area contributed by atoms with Crippen LogP contribution in [0.25, 0.3) is 11.1 Å². The monoisotopic (exact) mass is 354 g/mol. The van der Waals surface area contributed by atoms with E-state index in [2.05, 4.69) is 0 Å². The molecule has 0 saturated heterocycles. The van der Waals surface area contributed by atoms with Crippen molar-refractivity contribution >= 4 is 11.9 Å². The predicted octanol–water partition coefficient (Wildman–Crippen LogP) is 1.86. The van der Waals surface area contributed by atoms with Gasteiger partial charge in [0, 0.05) is 5.92 Å². The van der Waals surface area contributed by atoms with E-state index >= 15 is 0 Å². The van der Waals surface area contributed by atoms with Crippen molar-refractivity contribution in [1.29, 1.82) is 0 Å².